The van der Waals surface area contributed by atoms with Gasteiger partial charge in [-0.1, -0.05) is 48.5 Å². The number of piperidine rings is 1. The number of para-hydroxylation sites is 1. The van der Waals surface area contributed by atoms with Gasteiger partial charge in [0.2, 0.25) is 0 Å². The second-order valence-electron chi connectivity index (χ2n) is 10.5. The van der Waals surface area contributed by atoms with Gasteiger partial charge in [0.1, 0.15) is 0 Å². The first-order valence-electron chi connectivity index (χ1n) is 13.5. The number of aliphatic hydroxyl groups excluding tert-OH is 1. The van der Waals surface area contributed by atoms with Gasteiger partial charge in [-0.05, 0) is 48.8 Å². The number of fused-ring (bicyclic) bond motifs is 2. The van der Waals surface area contributed by atoms with Crippen molar-refractivity contribution in [2.45, 2.75) is 57.8 Å². The van der Waals surface area contributed by atoms with Crippen molar-refractivity contribution >= 4 is 16.8 Å². The van der Waals surface area contributed by atoms with Crippen LogP contribution in [0.5, 0.6) is 0 Å². The molecule has 0 spiro atoms. The second kappa shape index (κ2) is 10.5. The molecule has 2 aliphatic rings. The molecule has 7 heteroatoms. The number of hydrogen-bond acceptors (Lipinski definition) is 4. The summed E-state index contributed by atoms with van der Waals surface area (Å²) in [6.07, 6.45) is 3.84. The first kappa shape index (κ1) is 23.9. The number of amides is 1. The summed E-state index contributed by atoms with van der Waals surface area (Å²) in [6, 6.07) is 21.1. The highest BCUT2D eigenvalue weighted by atomic mass is 16.3. The Bertz CT molecular complexity index is 1330. The number of aromatic amines is 1. The third-order valence-corrected chi connectivity index (χ3v) is 7.83. The molecule has 4 aromatic rings. The van der Waals surface area contributed by atoms with E-state index in [1.165, 1.54) is 22.3 Å². The van der Waals surface area contributed by atoms with Gasteiger partial charge < -0.3 is 15.0 Å². The Morgan fingerprint density at radius 3 is 2.62 bits per heavy atom. The van der Waals surface area contributed by atoms with Gasteiger partial charge in [-0.3, -0.25) is 14.4 Å². The van der Waals surface area contributed by atoms with Gasteiger partial charge in [-0.25, -0.2) is 0 Å². The smallest absolute Gasteiger partial charge is 0.274 e. The highest BCUT2D eigenvalue weighted by molar-refractivity contribution is 5.94. The number of nitrogens with one attached hydrogen (secondary N) is 1. The van der Waals surface area contributed by atoms with Crippen LogP contribution < -0.4 is 0 Å². The highest BCUT2D eigenvalue weighted by Crippen LogP contribution is 2.27. The Kier molecular flexibility index (Phi) is 6.81. The van der Waals surface area contributed by atoms with Crippen LogP contribution in [-0.4, -0.2) is 61.3 Å². The van der Waals surface area contributed by atoms with Crippen molar-refractivity contribution in [2.75, 3.05) is 19.6 Å². The molecule has 2 aliphatic heterocycles. The summed E-state index contributed by atoms with van der Waals surface area (Å²) in [5.74, 6) is 0.0115. The number of aryl methyl sites for hydroxylation is 2. The SMILES string of the molecule is O=C(c1nn(CCCc2ccccc2)c2c1CN(Cc1cc3ccccc3[nH]1)CC2)N1CCC(O)CC1. The number of aromatic nitrogens is 3. The fourth-order valence-electron chi connectivity index (χ4n) is 5.79. The lowest BCUT2D eigenvalue weighted by Crippen LogP contribution is -2.41. The van der Waals surface area contributed by atoms with Gasteiger partial charge in [-0.2, -0.15) is 5.10 Å². The lowest BCUT2D eigenvalue weighted by molar-refractivity contribution is 0.0538. The van der Waals surface area contributed by atoms with Gasteiger partial charge in [-0.15, -0.1) is 0 Å². The van der Waals surface area contributed by atoms with Crippen molar-refractivity contribution in [1.29, 1.82) is 0 Å². The van der Waals surface area contributed by atoms with Crippen LogP contribution in [0.1, 0.15) is 52.3 Å². The van der Waals surface area contributed by atoms with E-state index in [1.54, 1.807) is 0 Å². The van der Waals surface area contributed by atoms with E-state index in [4.69, 9.17) is 5.10 Å². The van der Waals surface area contributed by atoms with Gasteiger partial charge in [0, 0.05) is 68.2 Å². The lowest BCUT2D eigenvalue weighted by atomic mass is 10.0. The molecule has 0 unspecified atom stereocenters. The maximum Gasteiger partial charge on any atom is 0.274 e. The summed E-state index contributed by atoms with van der Waals surface area (Å²) >= 11 is 0. The van der Waals surface area contributed by atoms with Crippen molar-refractivity contribution in [3.63, 3.8) is 0 Å². The Labute approximate surface area is 217 Å². The summed E-state index contributed by atoms with van der Waals surface area (Å²) in [5.41, 5.74) is 6.57. The van der Waals surface area contributed by atoms with Crippen molar-refractivity contribution in [3.05, 3.63) is 88.9 Å². The number of likely N-dealkylation sites (tertiary alicyclic amines) is 1. The Balaban J connectivity index is 1.22. The number of benzene rings is 2. The van der Waals surface area contributed by atoms with Crippen LogP contribution in [0.25, 0.3) is 10.9 Å². The van der Waals surface area contributed by atoms with Crippen LogP contribution in [0, 0.1) is 0 Å². The Morgan fingerprint density at radius 1 is 1.03 bits per heavy atom. The van der Waals surface area contributed by atoms with Crippen molar-refractivity contribution in [3.8, 4) is 0 Å². The van der Waals surface area contributed by atoms with Crippen LogP contribution >= 0.6 is 0 Å². The monoisotopic (exact) mass is 497 g/mol. The van der Waals surface area contributed by atoms with E-state index in [9.17, 15) is 9.90 Å². The molecule has 7 nitrogen and oxygen atoms in total. The Morgan fingerprint density at radius 2 is 1.81 bits per heavy atom. The van der Waals surface area contributed by atoms with E-state index in [0.717, 1.165) is 56.5 Å². The molecule has 6 rings (SSSR count). The molecule has 1 fully saturated rings. The molecule has 0 radical (unpaired) electrons. The van der Waals surface area contributed by atoms with E-state index in [-0.39, 0.29) is 12.0 Å². The topological polar surface area (TPSA) is 77.4 Å². The molecule has 2 N–H and O–H groups in total. The third-order valence-electron chi connectivity index (χ3n) is 7.83. The number of aliphatic hydroxyl groups is 1. The third kappa shape index (κ3) is 5.20. The van der Waals surface area contributed by atoms with Crippen LogP contribution in [0.2, 0.25) is 0 Å². The highest BCUT2D eigenvalue weighted by Gasteiger charge is 2.32. The normalized spacial score (nSPS) is 16.8. The molecule has 2 aromatic carbocycles. The summed E-state index contributed by atoms with van der Waals surface area (Å²) in [6.45, 7) is 4.47. The number of nitrogens with zero attached hydrogens (tertiary/aromatic N) is 4. The second-order valence-corrected chi connectivity index (χ2v) is 10.5. The minimum atomic E-state index is -0.305. The average molecular weight is 498 g/mol. The number of carbonyl (C=O) groups excluding carboxylic acids is 1. The van der Waals surface area contributed by atoms with E-state index in [0.29, 0.717) is 31.6 Å². The van der Waals surface area contributed by atoms with Crippen LogP contribution in [-0.2, 0) is 32.5 Å². The quantitative estimate of drug-likeness (QED) is 0.402. The van der Waals surface area contributed by atoms with Crippen LogP contribution in [0.4, 0.5) is 0 Å². The predicted molar refractivity (Wildman–Crippen MR) is 144 cm³/mol. The van der Waals surface area contributed by atoms with Gasteiger partial charge in [0.15, 0.2) is 5.69 Å². The first-order valence-corrected chi connectivity index (χ1v) is 13.5. The van der Waals surface area contributed by atoms with E-state index in [2.05, 4.69) is 69.2 Å². The molecule has 4 heterocycles. The molecule has 1 amide bonds. The molecular formula is C30H35N5O2. The number of hydrogen-bond donors (Lipinski definition) is 2. The Hall–Kier alpha value is -3.42. The van der Waals surface area contributed by atoms with Gasteiger partial charge in [0.25, 0.3) is 5.91 Å². The van der Waals surface area contributed by atoms with E-state index >= 15 is 0 Å². The molecule has 1 saturated heterocycles. The largest absolute Gasteiger partial charge is 0.393 e. The maximum absolute atomic E-state index is 13.6. The molecule has 192 valence electrons. The first-order chi connectivity index (χ1) is 18.1. The van der Waals surface area contributed by atoms with E-state index in [1.807, 2.05) is 11.0 Å². The molecule has 0 saturated carbocycles. The maximum atomic E-state index is 13.6. The zero-order chi connectivity index (χ0) is 25.2. The van der Waals surface area contributed by atoms with Crippen LogP contribution in [0.3, 0.4) is 0 Å². The molecule has 0 aliphatic carbocycles. The number of H-pyrrole nitrogens is 1. The summed E-state index contributed by atoms with van der Waals surface area (Å²) in [7, 11) is 0. The zero-order valence-corrected chi connectivity index (χ0v) is 21.3. The predicted octanol–water partition coefficient (Wildman–Crippen LogP) is 4.15. The van der Waals surface area contributed by atoms with Crippen molar-refractivity contribution in [1.82, 2.24) is 24.6 Å². The molecule has 0 atom stereocenters. The molecule has 2 aromatic heterocycles. The summed E-state index contributed by atoms with van der Waals surface area (Å²) in [4.78, 5) is 21.5. The standard InChI is InChI=1S/C30H35N5O2/c36-25-12-17-34(18-13-25)30(37)29-26-21-33(20-24-19-23-10-4-5-11-27(23)31-24)16-14-28(26)35(32-29)15-6-9-22-7-2-1-3-8-22/h1-5,7-8,10-11,19,25,31,36H,6,9,12-18,20-21H2. The molecular weight excluding hydrogens is 462 g/mol. The van der Waals surface area contributed by atoms with Crippen molar-refractivity contribution < 1.29 is 9.90 Å². The fraction of sp³-hybridized carbons (Fsp3) is 0.400. The number of rotatable bonds is 7. The van der Waals surface area contributed by atoms with E-state index < -0.39 is 0 Å². The van der Waals surface area contributed by atoms with Crippen LogP contribution in [0.15, 0.2) is 60.7 Å². The fourth-order valence-corrected chi connectivity index (χ4v) is 5.79. The number of carbonyl (C=O) groups is 1. The molecule has 37 heavy (non-hydrogen) atoms. The van der Waals surface area contributed by atoms with Gasteiger partial charge in [0.05, 0.1) is 6.10 Å². The minimum Gasteiger partial charge on any atom is -0.393 e. The summed E-state index contributed by atoms with van der Waals surface area (Å²) in [5, 5.41) is 16.1. The lowest BCUT2D eigenvalue weighted by Gasteiger charge is -2.30. The van der Waals surface area contributed by atoms with Crippen molar-refractivity contribution in [2.24, 2.45) is 0 Å². The van der Waals surface area contributed by atoms with Gasteiger partial charge >= 0.3 is 0 Å². The minimum absolute atomic E-state index is 0.0115. The molecule has 0 bridgehead atoms. The summed E-state index contributed by atoms with van der Waals surface area (Å²) < 4.78 is 2.10. The zero-order valence-electron chi connectivity index (χ0n) is 21.3. The average Bonchev–Trinajstić information content (AvgIpc) is 3.50.